The van der Waals surface area contributed by atoms with Gasteiger partial charge in [0.05, 0.1) is 32.6 Å². The van der Waals surface area contributed by atoms with E-state index < -0.39 is 174 Å². The number of carbonyl (C=O) groups is 3. The molecule has 3 rings (SSSR count). The number of nitrogens with zero attached hydrogens (tertiary/aromatic N) is 2. The monoisotopic (exact) mass is 898 g/mol. The zero-order valence-corrected chi connectivity index (χ0v) is 36.0. The van der Waals surface area contributed by atoms with E-state index in [0.29, 0.717) is 6.29 Å². The molecule has 0 unspecified atom stereocenters. The first-order chi connectivity index (χ1) is 28.6. The summed E-state index contributed by atoms with van der Waals surface area (Å²) in [4.78, 5) is 42.1. The first-order valence-electron chi connectivity index (χ1n) is 18.5. The van der Waals surface area contributed by atoms with E-state index >= 15 is 0 Å². The van der Waals surface area contributed by atoms with E-state index in [1.165, 1.54) is 7.11 Å². The van der Waals surface area contributed by atoms with Crippen LogP contribution in [0.3, 0.4) is 0 Å². The first-order valence-corrected chi connectivity index (χ1v) is 18.5. The fourth-order valence-electron chi connectivity index (χ4n) is 6.55. The van der Waals surface area contributed by atoms with Crippen LogP contribution in [0.25, 0.3) is 0 Å². The molecule has 61 heavy (non-hydrogen) atoms. The molecule has 3 heterocycles. The summed E-state index contributed by atoms with van der Waals surface area (Å²) in [6, 6.07) is -3.19. The van der Waals surface area contributed by atoms with E-state index in [0.717, 1.165) is 27.5 Å². The quantitative estimate of drug-likeness (QED) is 0.0135. The van der Waals surface area contributed by atoms with Crippen molar-refractivity contribution in [3.8, 4) is 0 Å². The van der Waals surface area contributed by atoms with Crippen molar-refractivity contribution in [3.05, 3.63) is 0 Å². The van der Waals surface area contributed by atoms with Crippen LogP contribution in [0.5, 0.6) is 0 Å². The average molecular weight is 899 g/mol. The molecule has 0 aliphatic carbocycles. The third kappa shape index (κ3) is 15.0. The summed E-state index contributed by atoms with van der Waals surface area (Å²) < 4.78 is 61.1. The maximum Gasteiger partial charge on any atom is 1.00 e. The maximum absolute atomic E-state index is 12.6. The van der Waals surface area contributed by atoms with Crippen LogP contribution in [0.2, 0.25) is 0 Å². The zero-order valence-electron chi connectivity index (χ0n) is 34.0. The van der Waals surface area contributed by atoms with E-state index in [2.05, 4.69) is 9.98 Å². The Hall–Kier alpha value is -1.97. The number of carboxylic acids is 2. The summed E-state index contributed by atoms with van der Waals surface area (Å²) in [6.45, 7) is -3.80. The zero-order chi connectivity index (χ0) is 44.7. The van der Waals surface area contributed by atoms with E-state index in [1.54, 1.807) is 0 Å². The molecule has 0 spiro atoms. The third-order valence-corrected chi connectivity index (χ3v) is 9.60. The molecule has 26 nitrogen and oxygen atoms in total. The molecule has 0 bridgehead atoms. The Kier molecular flexibility index (Phi) is 24.8. The number of hydrogen-bond acceptors (Lipinski definition) is 24. The Morgan fingerprint density at radius 1 is 0.754 bits per heavy atom. The summed E-state index contributed by atoms with van der Waals surface area (Å²) in [7, 11) is 4.63. The van der Waals surface area contributed by atoms with E-state index in [-0.39, 0.29) is 29.6 Å². The van der Waals surface area contributed by atoms with E-state index in [9.17, 15) is 55.2 Å². The minimum atomic E-state index is -1.88. The number of aliphatic hydroxyl groups excluding tert-OH is 7. The van der Waals surface area contributed by atoms with E-state index in [4.69, 9.17) is 62.3 Å². The van der Waals surface area contributed by atoms with E-state index in [1.807, 2.05) is 0 Å². The Balaban J connectivity index is 0.0000128. The second-order valence-corrected chi connectivity index (χ2v) is 13.5. The van der Waals surface area contributed by atoms with Crippen LogP contribution >= 0.6 is 0 Å². The number of carboxylic acid groups (broad SMARTS) is 2. The molecule has 0 aromatic carbocycles. The molecular formula is C34H55N2NaO24. The van der Waals surface area contributed by atoms with Crippen LogP contribution < -0.4 is 34.7 Å². The predicted octanol–water partition coefficient (Wildman–Crippen LogP) is -9.88. The summed E-state index contributed by atoms with van der Waals surface area (Å²) in [5, 5.41) is 106. The van der Waals surface area contributed by atoms with Crippen molar-refractivity contribution in [2.45, 2.75) is 123 Å². The molecule has 3 saturated heterocycles. The van der Waals surface area contributed by atoms with Gasteiger partial charge in [-0.2, -0.15) is 0 Å². The molecule has 3 fully saturated rings. The Morgan fingerprint density at radius 3 is 1.90 bits per heavy atom. The van der Waals surface area contributed by atoms with Crippen molar-refractivity contribution in [2.75, 3.05) is 61.5 Å². The topological polar surface area (TPSA) is 383 Å². The minimum absolute atomic E-state index is 0. The van der Waals surface area contributed by atoms with Crippen molar-refractivity contribution in [3.63, 3.8) is 0 Å². The fraction of sp³-hybridized carbons (Fsp3) is 0.853. The van der Waals surface area contributed by atoms with Crippen molar-refractivity contribution in [2.24, 2.45) is 9.98 Å². The van der Waals surface area contributed by atoms with Crippen molar-refractivity contribution in [1.29, 1.82) is 0 Å². The molecular weight excluding hydrogens is 843 g/mol. The number of rotatable bonds is 25. The van der Waals surface area contributed by atoms with Crippen molar-refractivity contribution < 1.29 is 147 Å². The molecule has 3 aliphatic heterocycles. The Bertz CT molecular complexity index is 1390. The number of aliphatic carboxylic acids is 2. The maximum atomic E-state index is 12.6. The normalized spacial score (nSPS) is 36.2. The number of hydrogen-bond donors (Lipinski definition) is 9. The number of aldehydes is 1. The number of methoxy groups -OCH3 is 4. The summed E-state index contributed by atoms with van der Waals surface area (Å²) in [5.41, 5.74) is 0. The predicted molar refractivity (Wildman–Crippen MR) is 190 cm³/mol. The molecule has 9 N–H and O–H groups in total. The van der Waals surface area contributed by atoms with Crippen LogP contribution in [-0.2, 0) is 66.5 Å². The number of ether oxygens (including phenoxy) is 11. The van der Waals surface area contributed by atoms with Gasteiger partial charge in [-0.15, -0.1) is 0 Å². The largest absolute Gasteiger partial charge is 1.00 e. The second kappa shape index (κ2) is 27.4. The van der Waals surface area contributed by atoms with Crippen LogP contribution in [0.15, 0.2) is 9.98 Å². The molecule has 346 valence electrons. The van der Waals surface area contributed by atoms with Gasteiger partial charge in [0, 0.05) is 34.9 Å². The molecule has 3 aliphatic rings. The van der Waals surface area contributed by atoms with Gasteiger partial charge in [-0.25, -0.2) is 4.79 Å². The van der Waals surface area contributed by atoms with Gasteiger partial charge in [0.1, 0.15) is 91.9 Å². The third-order valence-electron chi connectivity index (χ3n) is 9.60. The Morgan fingerprint density at radius 2 is 1.36 bits per heavy atom. The van der Waals surface area contributed by atoms with Crippen LogP contribution in [0, 0.1) is 0 Å². The van der Waals surface area contributed by atoms with Crippen LogP contribution in [-0.4, -0.2) is 248 Å². The van der Waals surface area contributed by atoms with Crippen molar-refractivity contribution in [1.82, 2.24) is 0 Å². The molecule has 0 aromatic heterocycles. The van der Waals surface area contributed by atoms with Gasteiger partial charge in [0.15, 0.2) is 31.4 Å². The summed E-state index contributed by atoms with van der Waals surface area (Å²) in [6.07, 6.45) is -25.3. The SMILES string of the molecule is CO[C@@H]1O[C@H](COCC(=O)O)[C@@H](O[C@@H](C=N[C@H]2[C@H](O[C@H]3[C@H](O)[C@@H](N=C([O-])CCC(=O)O)[C@H](OC)O[C@@H]3CO)O[C@H](CO)[C@@H](OC)[C@@H]2O)O[C@H](CO)[C@H](C=O)OC)[C@H](O)[C@H]1O.[Na+]. The second-order valence-electron chi connectivity index (χ2n) is 13.5. The molecule has 18 atom stereocenters. The smallest absolute Gasteiger partial charge is 0.862 e. The van der Waals surface area contributed by atoms with Gasteiger partial charge in [-0.1, -0.05) is 0 Å². The molecule has 0 amide bonds. The van der Waals surface area contributed by atoms with Gasteiger partial charge in [0.25, 0.3) is 0 Å². The molecule has 0 aromatic rings. The standard InChI is InChI=1S/C34H56N2O24.Na/c1-50-14(8-37)15(9-38)55-22(59-31-18(12-54-13-21(44)45)58-34(53-4)28(49)27(31)48)7-35-23-25(46)29(51-2)16(10-39)57-33(23)60-30-17(11-40)56-32(52-3)24(26(30)47)36-19(41)5-6-20(42)43;/h7-8,14-18,22-34,38-40,46-49H,5-6,9-13H2,1-4H3,(H,36,41)(H,42,43)(H,44,45);/q;+1/p-1/t14-,15+,16+,17+,18+,22-,23+,24+,25+,26+,27+,28+,29+,30+,31+,32+,33-,34+;/m0./s1. The van der Waals surface area contributed by atoms with Crippen LogP contribution in [0.4, 0.5) is 0 Å². The number of aliphatic hydroxyl groups is 7. The van der Waals surface area contributed by atoms with Crippen LogP contribution in [0.1, 0.15) is 12.8 Å². The molecule has 27 heteroatoms. The molecule has 0 radical (unpaired) electrons. The fourth-order valence-corrected chi connectivity index (χ4v) is 6.55. The molecule has 0 saturated carbocycles. The van der Waals surface area contributed by atoms with Gasteiger partial charge >= 0.3 is 41.5 Å². The van der Waals surface area contributed by atoms with Gasteiger partial charge < -0.3 is 108 Å². The van der Waals surface area contributed by atoms with Gasteiger partial charge in [0.2, 0.25) is 0 Å². The summed E-state index contributed by atoms with van der Waals surface area (Å²) >= 11 is 0. The van der Waals surface area contributed by atoms with Gasteiger partial charge in [-0.05, 0) is 12.3 Å². The summed E-state index contributed by atoms with van der Waals surface area (Å²) in [5.74, 6) is -3.57. The number of aliphatic imine (C=N–C) groups is 2. The van der Waals surface area contributed by atoms with Crippen molar-refractivity contribution >= 4 is 30.3 Å². The number of carbonyl (C=O) groups excluding carboxylic acids is 1. The Labute approximate surface area is 371 Å². The average Bonchev–Trinajstić information content (AvgIpc) is 3.22. The first kappa shape index (κ1) is 55.2. The minimum Gasteiger partial charge on any atom is -0.862 e. The van der Waals surface area contributed by atoms with Gasteiger partial charge in [-0.3, -0.25) is 14.8 Å².